The molecule has 0 atom stereocenters. The zero-order valence-corrected chi connectivity index (χ0v) is 15.3. The normalized spacial score (nSPS) is 16.0. The van der Waals surface area contributed by atoms with E-state index in [0.29, 0.717) is 5.03 Å². The predicted molar refractivity (Wildman–Crippen MR) is 96.3 cm³/mol. The van der Waals surface area contributed by atoms with E-state index < -0.39 is 0 Å². The molecule has 2 rings (SSSR count). The number of hydrogen-bond donors (Lipinski definition) is 1. The van der Waals surface area contributed by atoms with Crippen LogP contribution in [0.1, 0.15) is 19.3 Å². The van der Waals surface area contributed by atoms with E-state index in [1.807, 2.05) is 35.2 Å². The Morgan fingerprint density at radius 3 is 2.22 bits per heavy atom. The van der Waals surface area contributed by atoms with Crippen LogP contribution in [-0.4, -0.2) is 28.4 Å². The van der Waals surface area contributed by atoms with Gasteiger partial charge in [0, 0.05) is 18.0 Å². The summed E-state index contributed by atoms with van der Waals surface area (Å²) in [6, 6.07) is 9.53. The van der Waals surface area contributed by atoms with E-state index in [4.69, 9.17) is 34.8 Å². The molecule has 1 N–H and O–H groups in total. The molecule has 0 bridgehead atoms. The molecule has 0 spiro atoms. The second-order valence-electron chi connectivity index (χ2n) is 4.96. The van der Waals surface area contributed by atoms with Crippen molar-refractivity contribution in [3.05, 3.63) is 55.8 Å². The number of halogens is 3. The Morgan fingerprint density at radius 1 is 1.09 bits per heavy atom. The van der Waals surface area contributed by atoms with Crippen molar-refractivity contribution in [3.8, 4) is 0 Å². The topological polar surface area (TPSA) is 49.8 Å². The number of hydrogen-bond acceptors (Lipinski definition) is 5. The summed E-state index contributed by atoms with van der Waals surface area (Å²) in [6.45, 7) is 1.55. The molecule has 1 aromatic rings. The number of hydroxylamine groups is 2. The van der Waals surface area contributed by atoms with Gasteiger partial charge in [-0.2, -0.15) is 0 Å². The maximum Gasteiger partial charge on any atom is 0.127 e. The minimum Gasteiger partial charge on any atom is -0.733 e. The summed E-state index contributed by atoms with van der Waals surface area (Å²) < 4.78 is -0.264. The number of rotatable bonds is 5. The molecule has 0 aromatic heterocycles. The Kier molecular flexibility index (Phi) is 7.40. The highest BCUT2D eigenvalue weighted by Crippen LogP contribution is 2.39. The summed E-state index contributed by atoms with van der Waals surface area (Å²) in [7, 11) is 0. The summed E-state index contributed by atoms with van der Waals surface area (Å²) >= 11 is 18.9. The summed E-state index contributed by atoms with van der Waals surface area (Å²) in [5.74, 6) is 0. The Bertz CT molecular complexity index is 584. The van der Waals surface area contributed by atoms with Gasteiger partial charge in [-0.3, -0.25) is 5.21 Å². The third-order valence-corrected chi connectivity index (χ3v) is 5.46. The van der Waals surface area contributed by atoms with Gasteiger partial charge in [0.25, 0.3) is 0 Å². The van der Waals surface area contributed by atoms with Gasteiger partial charge < -0.3 is 15.3 Å². The van der Waals surface area contributed by atoms with Gasteiger partial charge in [0.2, 0.25) is 0 Å². The second kappa shape index (κ2) is 9.06. The molecule has 1 heterocycles. The molecule has 0 radical (unpaired) electrons. The van der Waals surface area contributed by atoms with Crippen molar-refractivity contribution in [3.63, 3.8) is 0 Å². The standard InChI is InChI=1S/C15H16Cl3N2O2S/c16-12(14(17)18)13(20(21)22)15(19-9-5-2-6-10-19)23-11-7-3-1-4-8-11/h1,3-4,7-8,21H,2,5-6,9-10H2/q-1/b15-13+. The average Bonchev–Trinajstić information content (AvgIpc) is 2.55. The molecular weight excluding hydrogens is 379 g/mol. The maximum atomic E-state index is 11.7. The number of allylic oxidation sites excluding steroid dienone is 1. The zero-order chi connectivity index (χ0) is 16.8. The number of nitrogens with zero attached hydrogens (tertiary/aromatic N) is 2. The molecule has 8 heteroatoms. The Balaban J connectivity index is 2.48. The highest BCUT2D eigenvalue weighted by Gasteiger charge is 2.22. The number of likely N-dealkylation sites (tertiary alicyclic amines) is 1. The molecule has 1 aliphatic rings. The first-order chi connectivity index (χ1) is 11.0. The van der Waals surface area contributed by atoms with Gasteiger partial charge in [-0.25, -0.2) is 0 Å². The van der Waals surface area contributed by atoms with Crippen LogP contribution < -0.4 is 0 Å². The fourth-order valence-corrected chi connectivity index (χ4v) is 3.81. The van der Waals surface area contributed by atoms with E-state index >= 15 is 0 Å². The van der Waals surface area contributed by atoms with Crippen LogP contribution in [0.5, 0.6) is 0 Å². The summed E-state index contributed by atoms with van der Waals surface area (Å²) in [5.41, 5.74) is -0.137. The Labute approximate surface area is 154 Å². The first-order valence-electron chi connectivity index (χ1n) is 7.10. The van der Waals surface area contributed by atoms with E-state index in [9.17, 15) is 10.4 Å². The summed E-state index contributed by atoms with van der Waals surface area (Å²) in [4.78, 5) is 2.94. The highest BCUT2D eigenvalue weighted by atomic mass is 35.5. The molecule has 0 unspecified atom stereocenters. The lowest BCUT2D eigenvalue weighted by molar-refractivity contribution is -0.00213. The van der Waals surface area contributed by atoms with Crippen LogP contribution in [-0.2, 0) is 0 Å². The Hall–Kier alpha value is -0.560. The lowest BCUT2D eigenvalue weighted by Crippen LogP contribution is -2.31. The van der Waals surface area contributed by atoms with Crippen molar-refractivity contribution in [2.45, 2.75) is 24.2 Å². The molecule has 0 saturated carbocycles. The van der Waals surface area contributed by atoms with Crippen LogP contribution in [0, 0.1) is 5.21 Å². The monoisotopic (exact) mass is 393 g/mol. The number of benzene rings is 1. The lowest BCUT2D eigenvalue weighted by Gasteiger charge is -2.35. The van der Waals surface area contributed by atoms with Crippen LogP contribution in [0.2, 0.25) is 0 Å². The quantitative estimate of drug-likeness (QED) is 0.405. The predicted octanol–water partition coefficient (Wildman–Crippen LogP) is 5.51. The van der Waals surface area contributed by atoms with Crippen LogP contribution >= 0.6 is 46.6 Å². The van der Waals surface area contributed by atoms with Crippen molar-refractivity contribution in [2.24, 2.45) is 0 Å². The third-order valence-electron chi connectivity index (χ3n) is 3.37. The molecule has 1 saturated heterocycles. The van der Waals surface area contributed by atoms with Crippen molar-refractivity contribution in [1.29, 1.82) is 0 Å². The first kappa shape index (κ1) is 18.8. The van der Waals surface area contributed by atoms with Gasteiger partial charge in [-0.05, 0) is 31.4 Å². The van der Waals surface area contributed by atoms with Crippen molar-refractivity contribution < 1.29 is 5.21 Å². The minimum atomic E-state index is -0.271. The molecule has 4 nitrogen and oxygen atoms in total. The fourth-order valence-electron chi connectivity index (χ4n) is 2.31. The minimum absolute atomic E-state index is 0.137. The molecule has 126 valence electrons. The molecule has 1 aromatic carbocycles. The smallest absolute Gasteiger partial charge is 0.127 e. The number of piperidine rings is 1. The summed E-state index contributed by atoms with van der Waals surface area (Å²) in [5, 5.41) is 21.4. The van der Waals surface area contributed by atoms with Gasteiger partial charge in [0.15, 0.2) is 0 Å². The Morgan fingerprint density at radius 2 is 1.70 bits per heavy atom. The largest absolute Gasteiger partial charge is 0.733 e. The van der Waals surface area contributed by atoms with E-state index in [-0.39, 0.29) is 20.4 Å². The fraction of sp³-hybridized carbons (Fsp3) is 0.333. The molecule has 0 aliphatic carbocycles. The molecule has 0 amide bonds. The van der Waals surface area contributed by atoms with Crippen LogP contribution in [0.4, 0.5) is 0 Å². The molecule has 23 heavy (non-hydrogen) atoms. The van der Waals surface area contributed by atoms with Gasteiger partial charge in [0.05, 0.1) is 5.03 Å². The highest BCUT2D eigenvalue weighted by molar-refractivity contribution is 8.03. The SMILES string of the molecule is [O-]N(O)/C(C(Cl)=C(Cl)Cl)=C(/Sc1ccccc1)N1CCCCC1. The number of thioether (sulfide) groups is 1. The van der Waals surface area contributed by atoms with E-state index in [2.05, 4.69) is 0 Å². The molecular formula is C15H16Cl3N2O2S-. The first-order valence-corrected chi connectivity index (χ1v) is 9.05. The van der Waals surface area contributed by atoms with Crippen LogP contribution in [0.3, 0.4) is 0 Å². The van der Waals surface area contributed by atoms with Gasteiger partial charge in [-0.1, -0.05) is 64.8 Å². The second-order valence-corrected chi connectivity index (χ2v) is 7.35. The lowest BCUT2D eigenvalue weighted by atomic mass is 10.1. The zero-order valence-electron chi connectivity index (χ0n) is 12.2. The van der Waals surface area contributed by atoms with Gasteiger partial charge >= 0.3 is 0 Å². The van der Waals surface area contributed by atoms with Crippen molar-refractivity contribution >= 4 is 46.6 Å². The van der Waals surface area contributed by atoms with Gasteiger partial charge in [-0.15, -0.1) is 0 Å². The molecule has 1 aliphatic heterocycles. The van der Waals surface area contributed by atoms with Crippen LogP contribution in [0.15, 0.2) is 55.5 Å². The van der Waals surface area contributed by atoms with E-state index in [1.165, 1.54) is 11.8 Å². The summed E-state index contributed by atoms with van der Waals surface area (Å²) in [6.07, 6.45) is 3.15. The molecule has 1 fully saturated rings. The van der Waals surface area contributed by atoms with Gasteiger partial charge in [0.1, 0.15) is 15.2 Å². The third kappa shape index (κ3) is 5.21. The van der Waals surface area contributed by atoms with Crippen LogP contribution in [0.25, 0.3) is 0 Å². The van der Waals surface area contributed by atoms with E-state index in [1.54, 1.807) is 0 Å². The maximum absolute atomic E-state index is 11.7. The van der Waals surface area contributed by atoms with E-state index in [0.717, 1.165) is 37.2 Å². The van der Waals surface area contributed by atoms with Crippen molar-refractivity contribution in [1.82, 2.24) is 10.1 Å². The van der Waals surface area contributed by atoms with Crippen molar-refractivity contribution in [2.75, 3.05) is 13.1 Å². The average molecular weight is 395 g/mol.